The van der Waals surface area contributed by atoms with Gasteiger partial charge in [-0.15, -0.1) is 0 Å². The fraction of sp³-hybridized carbons (Fsp3) is 0.500. The van der Waals surface area contributed by atoms with E-state index < -0.39 is 5.97 Å². The molecule has 1 aliphatic heterocycles. The van der Waals surface area contributed by atoms with Gasteiger partial charge in [0, 0.05) is 6.54 Å². The number of rotatable bonds is 5. The highest BCUT2D eigenvalue weighted by molar-refractivity contribution is 5.87. The molecule has 0 aromatic heterocycles. The quantitative estimate of drug-likeness (QED) is 0.836. The van der Waals surface area contributed by atoms with E-state index in [1.807, 2.05) is 12.1 Å². The lowest BCUT2D eigenvalue weighted by Crippen LogP contribution is -2.32. The lowest BCUT2D eigenvalue weighted by atomic mass is 10.0. The monoisotopic (exact) mass is 249 g/mol. The van der Waals surface area contributed by atoms with Crippen molar-refractivity contribution in [3.05, 3.63) is 35.4 Å². The van der Waals surface area contributed by atoms with Crippen LogP contribution >= 0.6 is 0 Å². The summed E-state index contributed by atoms with van der Waals surface area (Å²) in [5.41, 5.74) is 1.33. The molecule has 1 heterocycles. The van der Waals surface area contributed by atoms with E-state index in [4.69, 9.17) is 9.84 Å². The molecule has 98 valence electrons. The summed E-state index contributed by atoms with van der Waals surface area (Å²) in [4.78, 5) is 10.7. The maximum atomic E-state index is 10.7. The average molecular weight is 249 g/mol. The predicted octanol–water partition coefficient (Wildman–Crippen LogP) is 1.90. The van der Waals surface area contributed by atoms with Crippen molar-refractivity contribution in [3.8, 4) is 0 Å². The van der Waals surface area contributed by atoms with Crippen LogP contribution in [0.2, 0.25) is 0 Å². The highest BCUT2D eigenvalue weighted by Crippen LogP contribution is 2.12. The zero-order valence-electron chi connectivity index (χ0n) is 10.4. The zero-order chi connectivity index (χ0) is 12.8. The molecule has 18 heavy (non-hydrogen) atoms. The summed E-state index contributed by atoms with van der Waals surface area (Å²) in [7, 11) is 0. The van der Waals surface area contributed by atoms with E-state index in [9.17, 15) is 4.79 Å². The lowest BCUT2D eigenvalue weighted by molar-refractivity contribution is 0.0695. The number of carboxylic acids is 1. The third-order valence-corrected chi connectivity index (χ3v) is 3.22. The molecular weight excluding hydrogens is 230 g/mol. The van der Waals surface area contributed by atoms with E-state index in [0.717, 1.165) is 25.3 Å². The van der Waals surface area contributed by atoms with Crippen molar-refractivity contribution in [1.82, 2.24) is 5.32 Å². The van der Waals surface area contributed by atoms with Crippen LogP contribution in [0.25, 0.3) is 0 Å². The minimum atomic E-state index is -0.893. The van der Waals surface area contributed by atoms with Gasteiger partial charge >= 0.3 is 5.97 Å². The number of ether oxygens (including phenoxy) is 1. The predicted molar refractivity (Wildman–Crippen MR) is 68.7 cm³/mol. The summed E-state index contributed by atoms with van der Waals surface area (Å²) in [6.07, 6.45) is 2.45. The van der Waals surface area contributed by atoms with Crippen LogP contribution in [0.3, 0.4) is 0 Å². The van der Waals surface area contributed by atoms with Crippen molar-refractivity contribution in [2.75, 3.05) is 19.7 Å². The van der Waals surface area contributed by atoms with Crippen LogP contribution in [0, 0.1) is 5.92 Å². The van der Waals surface area contributed by atoms with Crippen LogP contribution in [0.5, 0.6) is 0 Å². The molecular formula is C14H19NO3. The van der Waals surface area contributed by atoms with Gasteiger partial charge in [-0.3, -0.25) is 0 Å². The highest BCUT2D eigenvalue weighted by atomic mass is 16.5. The van der Waals surface area contributed by atoms with E-state index in [1.54, 1.807) is 12.1 Å². The molecule has 1 aliphatic rings. The number of benzene rings is 1. The highest BCUT2D eigenvalue weighted by Gasteiger charge is 2.12. The molecule has 0 saturated carbocycles. The number of piperidine rings is 1. The lowest BCUT2D eigenvalue weighted by Gasteiger charge is -2.22. The van der Waals surface area contributed by atoms with Gasteiger partial charge in [-0.2, -0.15) is 0 Å². The van der Waals surface area contributed by atoms with Crippen molar-refractivity contribution in [2.45, 2.75) is 19.4 Å². The molecule has 1 atom stereocenters. The molecule has 1 aromatic carbocycles. The Bertz CT molecular complexity index is 383. The van der Waals surface area contributed by atoms with Crippen LogP contribution in [-0.4, -0.2) is 30.8 Å². The third-order valence-electron chi connectivity index (χ3n) is 3.22. The first kappa shape index (κ1) is 13.1. The first-order valence-electron chi connectivity index (χ1n) is 6.36. The summed E-state index contributed by atoms with van der Waals surface area (Å²) in [6, 6.07) is 6.84. The molecule has 0 bridgehead atoms. The molecule has 1 aromatic rings. The first-order chi connectivity index (χ1) is 8.75. The topological polar surface area (TPSA) is 58.6 Å². The van der Waals surface area contributed by atoms with E-state index in [0.29, 0.717) is 18.1 Å². The summed E-state index contributed by atoms with van der Waals surface area (Å²) in [5, 5.41) is 12.1. The van der Waals surface area contributed by atoms with Gasteiger partial charge in [0.05, 0.1) is 18.8 Å². The molecule has 2 N–H and O–H groups in total. The number of nitrogens with one attached hydrogen (secondary N) is 1. The molecule has 0 aliphatic carbocycles. The molecule has 4 heteroatoms. The molecule has 0 amide bonds. The second kappa shape index (κ2) is 6.52. The van der Waals surface area contributed by atoms with Gasteiger partial charge in [0.1, 0.15) is 0 Å². The largest absolute Gasteiger partial charge is 0.478 e. The second-order valence-electron chi connectivity index (χ2n) is 4.73. The van der Waals surface area contributed by atoms with Crippen molar-refractivity contribution in [2.24, 2.45) is 5.92 Å². The maximum absolute atomic E-state index is 10.7. The Balaban J connectivity index is 1.74. The van der Waals surface area contributed by atoms with E-state index >= 15 is 0 Å². The van der Waals surface area contributed by atoms with Crippen LogP contribution in [-0.2, 0) is 11.3 Å². The second-order valence-corrected chi connectivity index (χ2v) is 4.73. The standard InChI is InChI=1S/C14H19NO3/c16-14(17)13-5-3-11(4-6-13)9-18-10-12-2-1-7-15-8-12/h3-6,12,15H,1-2,7-10H2,(H,16,17). The normalized spacial score (nSPS) is 19.7. The Labute approximate surface area is 107 Å². The molecule has 0 spiro atoms. The number of aromatic carboxylic acids is 1. The van der Waals surface area contributed by atoms with Crippen LogP contribution < -0.4 is 5.32 Å². The number of hydrogen-bond acceptors (Lipinski definition) is 3. The summed E-state index contributed by atoms with van der Waals surface area (Å²) in [5.74, 6) is -0.284. The van der Waals surface area contributed by atoms with Gasteiger partial charge < -0.3 is 15.2 Å². The van der Waals surface area contributed by atoms with Crippen molar-refractivity contribution in [3.63, 3.8) is 0 Å². The molecule has 4 nitrogen and oxygen atoms in total. The zero-order valence-corrected chi connectivity index (χ0v) is 10.4. The average Bonchev–Trinajstić information content (AvgIpc) is 2.40. The van der Waals surface area contributed by atoms with E-state index in [-0.39, 0.29) is 0 Å². The molecule has 1 unspecified atom stereocenters. The maximum Gasteiger partial charge on any atom is 0.335 e. The molecule has 2 rings (SSSR count). The van der Waals surface area contributed by atoms with Gasteiger partial charge in [-0.25, -0.2) is 4.79 Å². The number of carboxylic acid groups (broad SMARTS) is 1. The summed E-state index contributed by atoms with van der Waals surface area (Å²) >= 11 is 0. The van der Waals surface area contributed by atoms with Gasteiger partial charge in [0.25, 0.3) is 0 Å². The van der Waals surface area contributed by atoms with Crippen molar-refractivity contribution < 1.29 is 14.6 Å². The van der Waals surface area contributed by atoms with Crippen molar-refractivity contribution >= 4 is 5.97 Å². The van der Waals surface area contributed by atoms with Gasteiger partial charge in [0.2, 0.25) is 0 Å². The minimum Gasteiger partial charge on any atom is -0.478 e. The number of carbonyl (C=O) groups is 1. The van der Waals surface area contributed by atoms with Gasteiger partial charge in [0.15, 0.2) is 0 Å². The Morgan fingerprint density at radius 1 is 1.39 bits per heavy atom. The Hall–Kier alpha value is -1.39. The number of hydrogen-bond donors (Lipinski definition) is 2. The van der Waals surface area contributed by atoms with Gasteiger partial charge in [-0.05, 0) is 43.0 Å². The van der Waals surface area contributed by atoms with Crippen LogP contribution in [0.1, 0.15) is 28.8 Å². The fourth-order valence-electron chi connectivity index (χ4n) is 2.15. The summed E-state index contributed by atoms with van der Waals surface area (Å²) < 4.78 is 5.67. The van der Waals surface area contributed by atoms with Gasteiger partial charge in [-0.1, -0.05) is 12.1 Å². The molecule has 1 saturated heterocycles. The van der Waals surface area contributed by atoms with E-state index in [1.165, 1.54) is 12.8 Å². The fourth-order valence-corrected chi connectivity index (χ4v) is 2.15. The van der Waals surface area contributed by atoms with Crippen LogP contribution in [0.4, 0.5) is 0 Å². The van der Waals surface area contributed by atoms with E-state index in [2.05, 4.69) is 5.32 Å². The SMILES string of the molecule is O=C(O)c1ccc(COCC2CCCNC2)cc1. The third kappa shape index (κ3) is 3.82. The smallest absolute Gasteiger partial charge is 0.335 e. The first-order valence-corrected chi connectivity index (χ1v) is 6.36. The Kier molecular flexibility index (Phi) is 4.73. The van der Waals surface area contributed by atoms with Crippen LogP contribution in [0.15, 0.2) is 24.3 Å². The minimum absolute atomic E-state index is 0.315. The summed E-state index contributed by atoms with van der Waals surface area (Å²) in [6.45, 7) is 3.48. The van der Waals surface area contributed by atoms with Crippen molar-refractivity contribution in [1.29, 1.82) is 0 Å². The Morgan fingerprint density at radius 3 is 2.78 bits per heavy atom. The molecule has 1 fully saturated rings. The Morgan fingerprint density at radius 2 is 2.17 bits per heavy atom. The molecule has 0 radical (unpaired) electrons.